The van der Waals surface area contributed by atoms with Crippen LogP contribution in [0.3, 0.4) is 0 Å². The molecule has 0 radical (unpaired) electrons. The van der Waals surface area contributed by atoms with Crippen molar-refractivity contribution < 1.29 is 0 Å². The maximum Gasteiger partial charge on any atom is 0.134 e. The molecular formula is C25H37N5S. The summed E-state index contributed by atoms with van der Waals surface area (Å²) in [5, 5.41) is 8.41. The minimum absolute atomic E-state index is 0.359. The smallest absolute Gasteiger partial charge is 0.134 e. The largest absolute Gasteiger partial charge is 0.342 e. The fraction of sp³-hybridized carbons (Fsp3) is 0.560. The maximum absolute atomic E-state index is 8.05. The van der Waals surface area contributed by atoms with E-state index >= 15 is 0 Å². The van der Waals surface area contributed by atoms with E-state index in [2.05, 4.69) is 43.9 Å². The Morgan fingerprint density at radius 3 is 2.68 bits per heavy atom. The second kappa shape index (κ2) is 10.5. The number of nitrogens with zero attached hydrogens (tertiary/aromatic N) is 3. The summed E-state index contributed by atoms with van der Waals surface area (Å²) in [6, 6.07) is 0. The van der Waals surface area contributed by atoms with Crippen LogP contribution in [-0.4, -0.2) is 25.2 Å². The lowest BCUT2D eigenvalue weighted by atomic mass is 9.92. The molecular weight excluding hydrogens is 402 g/mol. The van der Waals surface area contributed by atoms with E-state index in [-0.39, 0.29) is 0 Å². The van der Waals surface area contributed by atoms with E-state index in [1.165, 1.54) is 16.9 Å². The van der Waals surface area contributed by atoms with Crippen LogP contribution in [0, 0.1) is 18.3 Å². The van der Waals surface area contributed by atoms with E-state index in [0.717, 1.165) is 60.6 Å². The molecule has 3 heterocycles. The standard InChI is InChI=1S/C25H37N5S/c1-7-18(8-2)20(13-16(4)26)25-28-17(5)23(29-25)24-19(9-3)11-10-12-22(31-24)21-14-30(6)15-27-21/h13-15,18,22,26H,7-12H2,1-6H3,(H,28,29)/b20-13-,26-16?. The molecule has 1 aliphatic heterocycles. The third-order valence-electron chi connectivity index (χ3n) is 6.18. The Morgan fingerprint density at radius 2 is 2.10 bits per heavy atom. The highest BCUT2D eigenvalue weighted by molar-refractivity contribution is 8.08. The molecule has 0 amide bonds. The van der Waals surface area contributed by atoms with Crippen molar-refractivity contribution in [3.05, 3.63) is 47.1 Å². The van der Waals surface area contributed by atoms with Gasteiger partial charge in [-0.1, -0.05) is 26.3 Å². The lowest BCUT2D eigenvalue weighted by molar-refractivity contribution is 0.620. The highest BCUT2D eigenvalue weighted by Gasteiger charge is 2.27. The quantitative estimate of drug-likeness (QED) is 0.431. The van der Waals surface area contributed by atoms with Crippen LogP contribution in [0.2, 0.25) is 0 Å². The topological polar surface area (TPSA) is 70.3 Å². The zero-order valence-corrected chi connectivity index (χ0v) is 20.7. The first-order valence-electron chi connectivity index (χ1n) is 11.6. The van der Waals surface area contributed by atoms with Crippen LogP contribution < -0.4 is 0 Å². The second-order valence-electron chi connectivity index (χ2n) is 8.60. The predicted molar refractivity (Wildman–Crippen MR) is 133 cm³/mol. The predicted octanol–water partition coefficient (Wildman–Crippen LogP) is 7.09. The zero-order valence-electron chi connectivity index (χ0n) is 19.9. The molecule has 0 saturated heterocycles. The first-order chi connectivity index (χ1) is 14.9. The number of hydrogen-bond acceptors (Lipinski definition) is 4. The van der Waals surface area contributed by atoms with E-state index in [1.807, 2.05) is 42.7 Å². The Balaban J connectivity index is 2.04. The molecule has 5 nitrogen and oxygen atoms in total. The van der Waals surface area contributed by atoms with Crippen molar-refractivity contribution in [2.75, 3.05) is 0 Å². The molecule has 168 valence electrons. The summed E-state index contributed by atoms with van der Waals surface area (Å²) in [7, 11) is 2.03. The van der Waals surface area contributed by atoms with Gasteiger partial charge < -0.3 is 15.0 Å². The Labute approximate surface area is 191 Å². The van der Waals surface area contributed by atoms with Gasteiger partial charge in [-0.15, -0.1) is 11.8 Å². The normalized spacial score (nSPS) is 18.0. The van der Waals surface area contributed by atoms with Crippen molar-refractivity contribution in [3.63, 3.8) is 0 Å². The van der Waals surface area contributed by atoms with Gasteiger partial charge in [-0.25, -0.2) is 9.97 Å². The molecule has 2 N–H and O–H groups in total. The van der Waals surface area contributed by atoms with Gasteiger partial charge in [0.05, 0.1) is 23.0 Å². The summed E-state index contributed by atoms with van der Waals surface area (Å²) in [5.74, 6) is 1.33. The maximum atomic E-state index is 8.05. The molecule has 3 rings (SSSR count). The van der Waals surface area contributed by atoms with Crippen LogP contribution >= 0.6 is 11.8 Å². The van der Waals surface area contributed by atoms with Crippen LogP contribution in [0.15, 0.2) is 24.2 Å². The number of rotatable bonds is 8. The Hall–Kier alpha value is -2.08. The summed E-state index contributed by atoms with van der Waals surface area (Å²) >= 11 is 1.94. The number of aromatic nitrogens is 4. The van der Waals surface area contributed by atoms with Gasteiger partial charge in [0.2, 0.25) is 0 Å². The molecule has 1 unspecified atom stereocenters. The Morgan fingerprint density at radius 1 is 1.35 bits per heavy atom. The fourth-order valence-corrected chi connectivity index (χ4v) is 5.96. The van der Waals surface area contributed by atoms with Crippen molar-refractivity contribution >= 4 is 28.0 Å². The number of imidazole rings is 2. The van der Waals surface area contributed by atoms with Gasteiger partial charge in [-0.05, 0) is 69.9 Å². The van der Waals surface area contributed by atoms with Crippen molar-refractivity contribution in [2.45, 2.75) is 78.4 Å². The molecule has 0 bridgehead atoms. The molecule has 0 spiro atoms. The number of aryl methyl sites for hydroxylation is 2. The number of allylic oxidation sites excluding steroid dienone is 3. The van der Waals surface area contributed by atoms with Gasteiger partial charge in [0.25, 0.3) is 0 Å². The monoisotopic (exact) mass is 439 g/mol. The average molecular weight is 440 g/mol. The van der Waals surface area contributed by atoms with Gasteiger partial charge in [0, 0.05) is 29.6 Å². The number of aromatic amines is 1. The van der Waals surface area contributed by atoms with Crippen LogP contribution in [0.1, 0.15) is 94.4 Å². The first kappa shape index (κ1) is 23.6. The van der Waals surface area contributed by atoms with Gasteiger partial charge in [-0.3, -0.25) is 0 Å². The van der Waals surface area contributed by atoms with Gasteiger partial charge in [0.15, 0.2) is 0 Å². The third kappa shape index (κ3) is 5.40. The molecule has 6 heteroatoms. The molecule has 0 aromatic carbocycles. The summed E-state index contributed by atoms with van der Waals surface area (Å²) in [6.07, 6.45) is 12.6. The van der Waals surface area contributed by atoms with E-state index in [0.29, 0.717) is 16.9 Å². The van der Waals surface area contributed by atoms with Crippen LogP contribution in [0.25, 0.3) is 10.5 Å². The molecule has 1 atom stereocenters. The molecule has 2 aromatic heterocycles. The van der Waals surface area contributed by atoms with Crippen molar-refractivity contribution in [2.24, 2.45) is 13.0 Å². The summed E-state index contributed by atoms with van der Waals surface area (Å²) in [4.78, 5) is 14.7. The summed E-state index contributed by atoms with van der Waals surface area (Å²) in [5.41, 5.74) is 6.59. The number of hydrogen-bond donors (Lipinski definition) is 2. The summed E-state index contributed by atoms with van der Waals surface area (Å²) < 4.78 is 2.04. The van der Waals surface area contributed by atoms with Crippen molar-refractivity contribution in [1.82, 2.24) is 19.5 Å². The minimum atomic E-state index is 0.359. The molecule has 0 aliphatic carbocycles. The van der Waals surface area contributed by atoms with Gasteiger partial charge >= 0.3 is 0 Å². The lowest BCUT2D eigenvalue weighted by Gasteiger charge is -2.16. The molecule has 2 aromatic rings. The number of nitrogens with one attached hydrogen (secondary N) is 2. The van der Waals surface area contributed by atoms with Crippen molar-refractivity contribution in [1.29, 1.82) is 5.41 Å². The average Bonchev–Trinajstić information content (AvgIpc) is 3.27. The Kier molecular flexibility index (Phi) is 7.98. The van der Waals surface area contributed by atoms with E-state index in [4.69, 9.17) is 10.4 Å². The molecule has 1 aliphatic rings. The summed E-state index contributed by atoms with van der Waals surface area (Å²) in [6.45, 7) is 10.7. The number of thioether (sulfide) groups is 1. The lowest BCUT2D eigenvalue weighted by Crippen LogP contribution is -2.05. The van der Waals surface area contributed by atoms with Crippen LogP contribution in [0.5, 0.6) is 0 Å². The molecule has 0 fully saturated rings. The van der Waals surface area contributed by atoms with Crippen molar-refractivity contribution in [3.8, 4) is 0 Å². The first-order valence-corrected chi connectivity index (χ1v) is 12.5. The third-order valence-corrected chi connectivity index (χ3v) is 7.66. The van der Waals surface area contributed by atoms with Crippen LogP contribution in [-0.2, 0) is 7.05 Å². The van der Waals surface area contributed by atoms with Gasteiger partial charge in [-0.2, -0.15) is 0 Å². The highest BCUT2D eigenvalue weighted by Crippen LogP contribution is 2.48. The number of H-pyrrole nitrogens is 1. The highest BCUT2D eigenvalue weighted by atomic mass is 32.2. The van der Waals surface area contributed by atoms with Gasteiger partial charge in [0.1, 0.15) is 5.82 Å². The van der Waals surface area contributed by atoms with Crippen LogP contribution in [0.4, 0.5) is 0 Å². The molecule has 31 heavy (non-hydrogen) atoms. The second-order valence-corrected chi connectivity index (χ2v) is 9.82. The zero-order chi connectivity index (χ0) is 22.5. The Bertz CT molecular complexity index is 974. The molecule has 0 saturated carbocycles. The van der Waals surface area contributed by atoms with E-state index < -0.39 is 0 Å². The fourth-order valence-electron chi connectivity index (χ4n) is 4.43. The SMILES string of the molecule is CCC1=C(c2nc(/C(=C\C(C)=N)C(CC)CC)[nH]c2C)SC(c2cn(C)cn2)CCC1. The van der Waals surface area contributed by atoms with E-state index in [1.54, 1.807) is 0 Å². The minimum Gasteiger partial charge on any atom is -0.342 e. The van der Waals surface area contributed by atoms with E-state index in [9.17, 15) is 0 Å².